The van der Waals surface area contributed by atoms with Crippen LogP contribution in [0.3, 0.4) is 0 Å². The number of aryl methyl sites for hydroxylation is 1. The maximum absolute atomic E-state index is 4.75. The second kappa shape index (κ2) is 5.78. The number of aromatic amines is 1. The Hall–Kier alpha value is -1.79. The molecule has 0 aliphatic carbocycles. The summed E-state index contributed by atoms with van der Waals surface area (Å²) in [6, 6.07) is 4.28. The van der Waals surface area contributed by atoms with Gasteiger partial charge >= 0.3 is 0 Å². The Morgan fingerprint density at radius 1 is 1.41 bits per heavy atom. The van der Waals surface area contributed by atoms with Gasteiger partial charge in [0.25, 0.3) is 0 Å². The number of likely N-dealkylation sites (tertiary alicyclic amines) is 1. The summed E-state index contributed by atoms with van der Waals surface area (Å²) in [6.07, 6.45) is 4.27. The molecule has 0 aromatic carbocycles. The van der Waals surface area contributed by atoms with Crippen molar-refractivity contribution in [2.75, 3.05) is 13.1 Å². The molecule has 114 valence electrons. The molecule has 5 nitrogen and oxygen atoms in total. The summed E-state index contributed by atoms with van der Waals surface area (Å²) in [5, 5.41) is 8.11. The number of hydrogen-bond donors (Lipinski definition) is 1. The predicted molar refractivity (Wildman–Crippen MR) is 88.0 cm³/mol. The van der Waals surface area contributed by atoms with E-state index in [1.165, 1.54) is 35.7 Å². The average Bonchev–Trinajstić information content (AvgIpc) is 3.16. The fraction of sp³-hybridized carbons (Fsp3) is 0.438. The van der Waals surface area contributed by atoms with Crippen LogP contribution in [-0.4, -0.2) is 38.2 Å². The first-order valence-corrected chi connectivity index (χ1v) is 8.59. The van der Waals surface area contributed by atoms with E-state index < -0.39 is 0 Å². The molecule has 4 heterocycles. The second-order valence-corrected chi connectivity index (χ2v) is 6.92. The molecule has 1 fully saturated rings. The molecule has 0 bridgehead atoms. The van der Waals surface area contributed by atoms with E-state index in [0.29, 0.717) is 5.92 Å². The van der Waals surface area contributed by atoms with Crippen molar-refractivity contribution in [3.63, 3.8) is 0 Å². The molecule has 3 aromatic rings. The third kappa shape index (κ3) is 2.64. The molecular formula is C16H19N5S. The summed E-state index contributed by atoms with van der Waals surface area (Å²) in [6.45, 7) is 5.35. The second-order valence-electron chi connectivity index (χ2n) is 5.98. The molecule has 1 atom stereocenters. The molecule has 22 heavy (non-hydrogen) atoms. The number of H-pyrrole nitrogens is 1. The van der Waals surface area contributed by atoms with Crippen LogP contribution in [0.4, 0.5) is 0 Å². The van der Waals surface area contributed by atoms with Crippen LogP contribution in [0.25, 0.3) is 11.0 Å². The summed E-state index contributed by atoms with van der Waals surface area (Å²) >= 11 is 1.76. The average molecular weight is 313 g/mol. The van der Waals surface area contributed by atoms with Crippen molar-refractivity contribution in [3.05, 3.63) is 40.1 Å². The first-order valence-electron chi connectivity index (χ1n) is 7.71. The van der Waals surface area contributed by atoms with Crippen molar-refractivity contribution in [1.29, 1.82) is 0 Å². The molecule has 4 rings (SSSR count). The largest absolute Gasteiger partial charge is 0.298 e. The van der Waals surface area contributed by atoms with Crippen LogP contribution in [0.5, 0.6) is 0 Å². The molecule has 3 aromatic heterocycles. The molecule has 1 N–H and O–H groups in total. The van der Waals surface area contributed by atoms with Gasteiger partial charge in [-0.25, -0.2) is 9.97 Å². The molecule has 0 radical (unpaired) electrons. The Morgan fingerprint density at radius 3 is 3.23 bits per heavy atom. The zero-order valence-corrected chi connectivity index (χ0v) is 13.4. The zero-order valence-electron chi connectivity index (χ0n) is 12.6. The highest BCUT2D eigenvalue weighted by molar-refractivity contribution is 7.09. The molecule has 0 saturated carbocycles. The molecular weight excluding hydrogens is 294 g/mol. The van der Waals surface area contributed by atoms with Crippen molar-refractivity contribution < 1.29 is 0 Å². The number of aromatic nitrogens is 4. The first kappa shape index (κ1) is 13.8. The highest BCUT2D eigenvalue weighted by Crippen LogP contribution is 2.28. The van der Waals surface area contributed by atoms with E-state index in [1.54, 1.807) is 11.3 Å². The number of thiazole rings is 1. The first-order chi connectivity index (χ1) is 10.8. The van der Waals surface area contributed by atoms with Gasteiger partial charge in [-0.15, -0.1) is 11.3 Å². The van der Waals surface area contributed by atoms with Crippen LogP contribution < -0.4 is 0 Å². The van der Waals surface area contributed by atoms with Gasteiger partial charge in [-0.1, -0.05) is 0 Å². The number of piperidine rings is 1. The van der Waals surface area contributed by atoms with Crippen molar-refractivity contribution in [1.82, 2.24) is 25.1 Å². The van der Waals surface area contributed by atoms with Crippen molar-refractivity contribution in [2.45, 2.75) is 32.2 Å². The summed E-state index contributed by atoms with van der Waals surface area (Å²) in [5.41, 5.74) is 5.19. The summed E-state index contributed by atoms with van der Waals surface area (Å²) in [4.78, 5) is 13.0. The maximum atomic E-state index is 4.75. The fourth-order valence-corrected chi connectivity index (χ4v) is 4.01. The van der Waals surface area contributed by atoms with Gasteiger partial charge in [-0.05, 0) is 38.4 Å². The summed E-state index contributed by atoms with van der Waals surface area (Å²) in [7, 11) is 0. The quantitative estimate of drug-likeness (QED) is 0.807. The predicted octanol–water partition coefficient (Wildman–Crippen LogP) is 3.10. The Labute approximate surface area is 133 Å². The third-order valence-electron chi connectivity index (χ3n) is 4.46. The van der Waals surface area contributed by atoms with E-state index in [1.807, 2.05) is 11.7 Å². The van der Waals surface area contributed by atoms with Gasteiger partial charge in [-0.3, -0.25) is 10.00 Å². The Balaban J connectivity index is 1.51. The van der Waals surface area contributed by atoms with E-state index in [2.05, 4.69) is 39.1 Å². The smallest absolute Gasteiger partial charge is 0.155 e. The van der Waals surface area contributed by atoms with E-state index in [-0.39, 0.29) is 0 Å². The topological polar surface area (TPSA) is 57.7 Å². The van der Waals surface area contributed by atoms with E-state index in [9.17, 15) is 0 Å². The van der Waals surface area contributed by atoms with Crippen molar-refractivity contribution >= 4 is 22.4 Å². The van der Waals surface area contributed by atoms with Crippen LogP contribution in [0, 0.1) is 6.92 Å². The Bertz CT molecular complexity index is 778. The lowest BCUT2D eigenvalue weighted by atomic mass is 9.94. The van der Waals surface area contributed by atoms with Gasteiger partial charge in [0, 0.05) is 35.0 Å². The zero-order chi connectivity index (χ0) is 14.9. The number of pyridine rings is 1. The minimum atomic E-state index is 0.509. The Kier molecular flexibility index (Phi) is 3.63. The Morgan fingerprint density at radius 2 is 2.36 bits per heavy atom. The lowest BCUT2D eigenvalue weighted by molar-refractivity contribution is 0.200. The van der Waals surface area contributed by atoms with E-state index in [0.717, 1.165) is 24.1 Å². The molecule has 0 unspecified atom stereocenters. The number of rotatable bonds is 3. The van der Waals surface area contributed by atoms with Gasteiger partial charge in [-0.2, -0.15) is 5.10 Å². The molecule has 1 saturated heterocycles. The standard InChI is InChI=1S/C16H19N5S/c1-11-15(22-10-17-11)9-21-6-2-3-13(8-21)14-5-4-12-7-18-20-16(12)19-14/h4-5,7,10,13H,2-3,6,8-9H2,1H3,(H,18,19,20)/t13-/m1/s1. The number of fused-ring (bicyclic) bond motifs is 1. The monoisotopic (exact) mass is 313 g/mol. The SMILES string of the molecule is Cc1ncsc1CN1CCC[C@@H](c2ccc3cn[nH]c3n2)C1. The summed E-state index contributed by atoms with van der Waals surface area (Å²) < 4.78 is 0. The number of nitrogens with one attached hydrogen (secondary N) is 1. The lowest BCUT2D eigenvalue weighted by Gasteiger charge is -2.32. The van der Waals surface area contributed by atoms with Crippen LogP contribution in [0.15, 0.2) is 23.8 Å². The van der Waals surface area contributed by atoms with Crippen LogP contribution in [-0.2, 0) is 6.54 Å². The minimum Gasteiger partial charge on any atom is -0.298 e. The molecule has 6 heteroatoms. The molecule has 1 aliphatic heterocycles. The molecule has 0 spiro atoms. The molecule has 1 aliphatic rings. The van der Waals surface area contributed by atoms with Gasteiger partial charge in [0.15, 0.2) is 5.65 Å². The van der Waals surface area contributed by atoms with Crippen LogP contribution in [0.1, 0.15) is 35.0 Å². The van der Waals surface area contributed by atoms with E-state index >= 15 is 0 Å². The van der Waals surface area contributed by atoms with Crippen molar-refractivity contribution in [2.24, 2.45) is 0 Å². The fourth-order valence-electron chi connectivity index (χ4n) is 3.19. The highest BCUT2D eigenvalue weighted by Gasteiger charge is 2.23. The van der Waals surface area contributed by atoms with Gasteiger partial charge < -0.3 is 0 Å². The van der Waals surface area contributed by atoms with Crippen LogP contribution in [0.2, 0.25) is 0 Å². The number of nitrogens with zero attached hydrogens (tertiary/aromatic N) is 4. The highest BCUT2D eigenvalue weighted by atomic mass is 32.1. The lowest BCUT2D eigenvalue weighted by Crippen LogP contribution is -2.34. The van der Waals surface area contributed by atoms with Crippen LogP contribution >= 0.6 is 11.3 Å². The minimum absolute atomic E-state index is 0.509. The normalized spacial score (nSPS) is 19.8. The van der Waals surface area contributed by atoms with Gasteiger partial charge in [0.1, 0.15) is 0 Å². The van der Waals surface area contributed by atoms with Gasteiger partial charge in [0.2, 0.25) is 0 Å². The van der Waals surface area contributed by atoms with Gasteiger partial charge in [0.05, 0.1) is 17.4 Å². The third-order valence-corrected chi connectivity index (χ3v) is 5.38. The summed E-state index contributed by atoms with van der Waals surface area (Å²) in [5.74, 6) is 0.509. The molecule has 0 amide bonds. The number of hydrogen-bond acceptors (Lipinski definition) is 5. The maximum Gasteiger partial charge on any atom is 0.155 e. The van der Waals surface area contributed by atoms with Crippen molar-refractivity contribution in [3.8, 4) is 0 Å². The van der Waals surface area contributed by atoms with E-state index in [4.69, 9.17) is 4.98 Å².